The first-order chi connectivity index (χ1) is 11.5. The molecule has 0 bridgehead atoms. The van der Waals surface area contributed by atoms with Gasteiger partial charge in [0.05, 0.1) is 5.69 Å². The number of hydrogen-bond donors (Lipinski definition) is 2. The van der Waals surface area contributed by atoms with E-state index in [9.17, 15) is 9.59 Å². The number of carbonyl (C=O) groups excluding carboxylic acids is 2. The van der Waals surface area contributed by atoms with E-state index in [0.717, 1.165) is 5.56 Å². The second-order valence-corrected chi connectivity index (χ2v) is 5.52. The Labute approximate surface area is 139 Å². The maximum absolute atomic E-state index is 12.4. The summed E-state index contributed by atoms with van der Waals surface area (Å²) in [4.78, 5) is 28.2. The number of aromatic nitrogens is 1. The minimum atomic E-state index is -0.682. The number of pyridine rings is 1. The lowest BCUT2D eigenvalue weighted by Crippen LogP contribution is -2.39. The zero-order valence-electron chi connectivity index (χ0n) is 13.1. The number of nitrogens with zero attached hydrogens (tertiary/aromatic N) is 3. The van der Waals surface area contributed by atoms with E-state index in [-0.39, 0.29) is 12.1 Å². The third kappa shape index (κ3) is 3.24. The number of amides is 2. The molecule has 7 nitrogen and oxygen atoms in total. The first kappa shape index (κ1) is 15.7. The molecule has 24 heavy (non-hydrogen) atoms. The monoisotopic (exact) mass is 323 g/mol. The molecule has 2 heterocycles. The summed E-state index contributed by atoms with van der Waals surface area (Å²) >= 11 is 0. The quantitative estimate of drug-likeness (QED) is 0.889. The standard InChI is InChI=1S/C17H17N5O2/c1-11-7-8-19-15(9-11)20-17(24)13-10-14(16(18)23)22(21-13)12-5-3-2-4-6-12/h2-9,14H,10H2,1H3,(H2,18,23)(H,19,20,24). The minimum absolute atomic E-state index is 0.155. The fourth-order valence-electron chi connectivity index (χ4n) is 2.48. The number of hydrogen-bond acceptors (Lipinski definition) is 5. The van der Waals surface area contributed by atoms with Crippen molar-refractivity contribution in [1.29, 1.82) is 0 Å². The third-order valence-electron chi connectivity index (χ3n) is 3.68. The summed E-state index contributed by atoms with van der Waals surface area (Å²) in [7, 11) is 0. The van der Waals surface area contributed by atoms with Gasteiger partial charge in [0.1, 0.15) is 17.6 Å². The molecule has 3 N–H and O–H groups in total. The van der Waals surface area contributed by atoms with Crippen LogP contribution in [0.15, 0.2) is 53.8 Å². The number of hydrazone groups is 1. The Bertz CT molecular complexity index is 804. The molecule has 0 saturated carbocycles. The van der Waals surface area contributed by atoms with Crippen LogP contribution in [0.1, 0.15) is 12.0 Å². The minimum Gasteiger partial charge on any atom is -0.368 e. The summed E-state index contributed by atoms with van der Waals surface area (Å²) in [5.74, 6) is -0.478. The summed E-state index contributed by atoms with van der Waals surface area (Å²) in [5, 5.41) is 8.47. The van der Waals surface area contributed by atoms with Gasteiger partial charge >= 0.3 is 0 Å². The highest BCUT2D eigenvalue weighted by molar-refractivity contribution is 6.44. The van der Waals surface area contributed by atoms with E-state index < -0.39 is 17.9 Å². The van der Waals surface area contributed by atoms with Crippen LogP contribution in [0.25, 0.3) is 0 Å². The van der Waals surface area contributed by atoms with Gasteiger partial charge in [-0.25, -0.2) is 4.98 Å². The van der Waals surface area contributed by atoms with Gasteiger partial charge in [0.25, 0.3) is 5.91 Å². The lowest BCUT2D eigenvalue weighted by Gasteiger charge is -2.20. The molecule has 0 radical (unpaired) electrons. The molecule has 1 aliphatic heterocycles. The van der Waals surface area contributed by atoms with E-state index in [1.54, 1.807) is 12.3 Å². The highest BCUT2D eigenvalue weighted by atomic mass is 16.2. The fraction of sp³-hybridized carbons (Fsp3) is 0.176. The van der Waals surface area contributed by atoms with Crippen LogP contribution in [0.4, 0.5) is 11.5 Å². The molecule has 7 heteroatoms. The van der Waals surface area contributed by atoms with E-state index in [4.69, 9.17) is 5.73 Å². The molecule has 1 atom stereocenters. The van der Waals surface area contributed by atoms with Gasteiger partial charge in [-0.05, 0) is 36.8 Å². The molecule has 2 amide bonds. The molecule has 3 rings (SSSR count). The number of primary amides is 1. The van der Waals surface area contributed by atoms with Crippen molar-refractivity contribution in [3.63, 3.8) is 0 Å². The molecule has 0 aliphatic carbocycles. The predicted molar refractivity (Wildman–Crippen MR) is 91.6 cm³/mol. The van der Waals surface area contributed by atoms with Crippen LogP contribution < -0.4 is 16.1 Å². The molecule has 1 aliphatic rings. The molecule has 1 aromatic heterocycles. The summed E-state index contributed by atoms with van der Waals surface area (Å²) in [6, 6.07) is 12.1. The first-order valence-electron chi connectivity index (χ1n) is 7.49. The molecular formula is C17H17N5O2. The van der Waals surface area contributed by atoms with Gasteiger partial charge in [-0.2, -0.15) is 5.10 Å². The number of para-hydroxylation sites is 1. The highest BCUT2D eigenvalue weighted by Crippen LogP contribution is 2.24. The Kier molecular flexibility index (Phi) is 4.24. The van der Waals surface area contributed by atoms with Gasteiger partial charge in [-0.1, -0.05) is 18.2 Å². The Hall–Kier alpha value is -3.22. The van der Waals surface area contributed by atoms with Crippen LogP contribution in [-0.2, 0) is 9.59 Å². The zero-order valence-corrected chi connectivity index (χ0v) is 13.1. The molecule has 1 unspecified atom stereocenters. The van der Waals surface area contributed by atoms with Gasteiger partial charge in [0.2, 0.25) is 5.91 Å². The molecule has 1 aromatic carbocycles. The summed E-state index contributed by atoms with van der Waals surface area (Å²) < 4.78 is 0. The average molecular weight is 323 g/mol. The number of rotatable bonds is 4. The number of nitrogens with two attached hydrogens (primary N) is 1. The molecule has 0 saturated heterocycles. The van der Waals surface area contributed by atoms with Crippen LogP contribution >= 0.6 is 0 Å². The second-order valence-electron chi connectivity index (χ2n) is 5.52. The smallest absolute Gasteiger partial charge is 0.273 e. The maximum Gasteiger partial charge on any atom is 0.273 e. The Morgan fingerprint density at radius 1 is 1.25 bits per heavy atom. The van der Waals surface area contributed by atoms with Crippen LogP contribution in [0, 0.1) is 6.92 Å². The molecular weight excluding hydrogens is 306 g/mol. The lowest BCUT2D eigenvalue weighted by atomic mass is 10.1. The zero-order chi connectivity index (χ0) is 17.1. The van der Waals surface area contributed by atoms with E-state index in [0.29, 0.717) is 11.5 Å². The van der Waals surface area contributed by atoms with Gasteiger partial charge in [0.15, 0.2) is 0 Å². The van der Waals surface area contributed by atoms with Gasteiger partial charge in [0, 0.05) is 12.6 Å². The number of benzene rings is 1. The highest BCUT2D eigenvalue weighted by Gasteiger charge is 2.34. The van der Waals surface area contributed by atoms with Crippen LogP contribution in [0.2, 0.25) is 0 Å². The number of carbonyl (C=O) groups is 2. The van der Waals surface area contributed by atoms with Crippen molar-refractivity contribution in [2.45, 2.75) is 19.4 Å². The number of anilines is 2. The topological polar surface area (TPSA) is 101 Å². The third-order valence-corrected chi connectivity index (χ3v) is 3.68. The number of aryl methyl sites for hydroxylation is 1. The second kappa shape index (κ2) is 6.49. The van der Waals surface area contributed by atoms with Crippen LogP contribution in [0.3, 0.4) is 0 Å². The van der Waals surface area contributed by atoms with Crippen molar-refractivity contribution < 1.29 is 9.59 Å². The van der Waals surface area contributed by atoms with Gasteiger partial charge in [-0.15, -0.1) is 0 Å². The first-order valence-corrected chi connectivity index (χ1v) is 7.49. The van der Waals surface area contributed by atoms with Crippen molar-refractivity contribution in [2.75, 3.05) is 10.3 Å². The van der Waals surface area contributed by atoms with Crippen molar-refractivity contribution >= 4 is 29.0 Å². The van der Waals surface area contributed by atoms with Crippen LogP contribution in [0.5, 0.6) is 0 Å². The van der Waals surface area contributed by atoms with E-state index in [2.05, 4.69) is 15.4 Å². The lowest BCUT2D eigenvalue weighted by molar-refractivity contribution is -0.119. The number of nitrogens with one attached hydrogen (secondary N) is 1. The van der Waals surface area contributed by atoms with E-state index in [1.165, 1.54) is 5.01 Å². The fourth-order valence-corrected chi connectivity index (χ4v) is 2.48. The molecule has 0 spiro atoms. The van der Waals surface area contributed by atoms with E-state index >= 15 is 0 Å². The summed E-state index contributed by atoms with van der Waals surface area (Å²) in [6.45, 7) is 1.91. The molecule has 0 fully saturated rings. The Morgan fingerprint density at radius 2 is 2.00 bits per heavy atom. The Morgan fingerprint density at radius 3 is 2.67 bits per heavy atom. The normalized spacial score (nSPS) is 16.6. The molecule has 2 aromatic rings. The molecule has 122 valence electrons. The SMILES string of the molecule is Cc1ccnc(NC(=O)C2=NN(c3ccccc3)C(C(N)=O)C2)c1. The predicted octanol–water partition coefficient (Wildman–Crippen LogP) is 1.45. The van der Waals surface area contributed by atoms with Crippen molar-refractivity contribution in [2.24, 2.45) is 10.8 Å². The van der Waals surface area contributed by atoms with Crippen molar-refractivity contribution in [1.82, 2.24) is 4.98 Å². The average Bonchev–Trinajstić information content (AvgIpc) is 3.01. The van der Waals surface area contributed by atoms with Crippen molar-refractivity contribution in [3.05, 3.63) is 54.2 Å². The Balaban J connectivity index is 1.82. The van der Waals surface area contributed by atoms with E-state index in [1.807, 2.05) is 43.3 Å². The van der Waals surface area contributed by atoms with Gasteiger partial charge < -0.3 is 11.1 Å². The van der Waals surface area contributed by atoms with Crippen molar-refractivity contribution in [3.8, 4) is 0 Å². The summed E-state index contributed by atoms with van der Waals surface area (Å²) in [6.07, 6.45) is 1.77. The largest absolute Gasteiger partial charge is 0.368 e. The maximum atomic E-state index is 12.4. The van der Waals surface area contributed by atoms with Crippen LogP contribution in [-0.4, -0.2) is 28.6 Å². The van der Waals surface area contributed by atoms with Gasteiger partial charge in [-0.3, -0.25) is 14.6 Å². The summed E-state index contributed by atoms with van der Waals surface area (Å²) in [5.41, 5.74) is 7.39.